The zero-order chi connectivity index (χ0) is 14.8. The average molecular weight is 286 g/mol. The van der Waals surface area contributed by atoms with E-state index in [1.165, 1.54) is 5.56 Å². The van der Waals surface area contributed by atoms with E-state index in [1.807, 2.05) is 37.1 Å². The molecule has 1 atom stereocenters. The second-order valence-electron chi connectivity index (χ2n) is 5.47. The van der Waals surface area contributed by atoms with E-state index in [-0.39, 0.29) is 13.0 Å². The van der Waals surface area contributed by atoms with Crippen LogP contribution in [0.1, 0.15) is 24.0 Å². The summed E-state index contributed by atoms with van der Waals surface area (Å²) in [7, 11) is 1.88. The van der Waals surface area contributed by atoms with E-state index in [1.54, 1.807) is 0 Å². The fraction of sp³-hybridized carbons (Fsp3) is 0.600. The molecular formula is C15H21F3N2. The Morgan fingerprint density at radius 2 is 2.10 bits per heavy atom. The van der Waals surface area contributed by atoms with Crippen LogP contribution in [0.5, 0.6) is 0 Å². The minimum Gasteiger partial charge on any atom is -0.371 e. The van der Waals surface area contributed by atoms with Crippen LogP contribution in [-0.2, 0) is 6.54 Å². The first-order chi connectivity index (χ1) is 9.41. The van der Waals surface area contributed by atoms with E-state index < -0.39 is 12.1 Å². The molecular weight excluding hydrogens is 265 g/mol. The zero-order valence-corrected chi connectivity index (χ0v) is 11.9. The number of alkyl halides is 3. The van der Waals surface area contributed by atoms with Crippen molar-refractivity contribution in [1.82, 2.24) is 5.32 Å². The van der Waals surface area contributed by atoms with Gasteiger partial charge in [0.15, 0.2) is 0 Å². The van der Waals surface area contributed by atoms with Gasteiger partial charge in [-0.05, 0) is 50.1 Å². The number of rotatable bonds is 3. The molecule has 2 nitrogen and oxygen atoms in total. The van der Waals surface area contributed by atoms with Crippen molar-refractivity contribution in [2.45, 2.75) is 32.5 Å². The highest BCUT2D eigenvalue weighted by Gasteiger charge is 2.41. The molecule has 0 aliphatic carbocycles. The molecule has 1 aromatic carbocycles. The van der Waals surface area contributed by atoms with Gasteiger partial charge >= 0.3 is 6.18 Å². The van der Waals surface area contributed by atoms with Crippen LogP contribution in [0.25, 0.3) is 0 Å². The summed E-state index contributed by atoms with van der Waals surface area (Å²) in [5, 5.41) is 3.09. The standard InChI is InChI=1S/C15H21F3N2/c1-11-8-14(6-5-12(11)9-19-2)20-7-3-4-13(10-20)15(16,17)18/h5-6,8,13,19H,3-4,7,9-10H2,1-2H3. The second-order valence-corrected chi connectivity index (χ2v) is 5.47. The molecule has 1 aliphatic heterocycles. The van der Waals surface area contributed by atoms with Gasteiger partial charge in [0.25, 0.3) is 0 Å². The van der Waals surface area contributed by atoms with Crippen LogP contribution in [0.2, 0.25) is 0 Å². The number of anilines is 1. The van der Waals surface area contributed by atoms with Crippen molar-refractivity contribution in [3.05, 3.63) is 29.3 Å². The normalized spacial score (nSPS) is 20.2. The van der Waals surface area contributed by atoms with Gasteiger partial charge < -0.3 is 10.2 Å². The summed E-state index contributed by atoms with van der Waals surface area (Å²) < 4.78 is 38.5. The summed E-state index contributed by atoms with van der Waals surface area (Å²) >= 11 is 0. The summed E-state index contributed by atoms with van der Waals surface area (Å²) in [5.41, 5.74) is 3.20. The van der Waals surface area contributed by atoms with Gasteiger partial charge in [-0.2, -0.15) is 13.2 Å². The predicted octanol–water partition coefficient (Wildman–Crippen LogP) is 3.49. The molecule has 0 saturated carbocycles. The van der Waals surface area contributed by atoms with Crippen molar-refractivity contribution in [2.75, 3.05) is 25.0 Å². The monoisotopic (exact) mass is 286 g/mol. The third-order valence-electron chi connectivity index (χ3n) is 3.94. The third kappa shape index (κ3) is 3.45. The van der Waals surface area contributed by atoms with E-state index in [2.05, 4.69) is 5.32 Å². The van der Waals surface area contributed by atoms with Crippen molar-refractivity contribution >= 4 is 5.69 Å². The van der Waals surface area contributed by atoms with Crippen LogP contribution < -0.4 is 10.2 Å². The number of nitrogens with one attached hydrogen (secondary N) is 1. The molecule has 112 valence electrons. The molecule has 0 spiro atoms. The Labute approximate surface area is 118 Å². The lowest BCUT2D eigenvalue weighted by molar-refractivity contribution is -0.175. The zero-order valence-electron chi connectivity index (χ0n) is 11.9. The van der Waals surface area contributed by atoms with E-state index in [0.29, 0.717) is 13.0 Å². The van der Waals surface area contributed by atoms with Gasteiger partial charge in [-0.15, -0.1) is 0 Å². The molecule has 1 aliphatic rings. The number of hydrogen-bond donors (Lipinski definition) is 1. The summed E-state index contributed by atoms with van der Waals surface area (Å²) in [6.45, 7) is 3.56. The quantitative estimate of drug-likeness (QED) is 0.915. The second kappa shape index (κ2) is 6.04. The lowest BCUT2D eigenvalue weighted by Gasteiger charge is -2.35. The van der Waals surface area contributed by atoms with Gasteiger partial charge in [0, 0.05) is 25.3 Å². The largest absolute Gasteiger partial charge is 0.393 e. The third-order valence-corrected chi connectivity index (χ3v) is 3.94. The molecule has 0 bridgehead atoms. The van der Waals surface area contributed by atoms with Gasteiger partial charge in [0.1, 0.15) is 0 Å². The Kier molecular flexibility index (Phi) is 4.58. The van der Waals surface area contributed by atoms with Gasteiger partial charge in [0.05, 0.1) is 5.92 Å². The fourth-order valence-corrected chi connectivity index (χ4v) is 2.74. The molecule has 20 heavy (non-hydrogen) atoms. The molecule has 1 aromatic rings. The molecule has 1 unspecified atom stereocenters. The summed E-state index contributed by atoms with van der Waals surface area (Å²) in [6, 6.07) is 5.92. The molecule has 5 heteroatoms. The molecule has 1 fully saturated rings. The molecule has 2 rings (SSSR count). The van der Waals surface area contributed by atoms with Crippen LogP contribution in [0.3, 0.4) is 0 Å². The summed E-state index contributed by atoms with van der Waals surface area (Å²) in [4.78, 5) is 1.86. The van der Waals surface area contributed by atoms with Crippen molar-refractivity contribution in [3.63, 3.8) is 0 Å². The average Bonchev–Trinajstić information content (AvgIpc) is 2.40. The van der Waals surface area contributed by atoms with Gasteiger partial charge in [-0.3, -0.25) is 0 Å². The lowest BCUT2D eigenvalue weighted by atomic mass is 9.96. The van der Waals surface area contributed by atoms with E-state index in [9.17, 15) is 13.2 Å². The molecule has 1 N–H and O–H groups in total. The van der Waals surface area contributed by atoms with Crippen LogP contribution in [-0.4, -0.2) is 26.3 Å². The van der Waals surface area contributed by atoms with Crippen LogP contribution >= 0.6 is 0 Å². The van der Waals surface area contributed by atoms with Crippen molar-refractivity contribution in [3.8, 4) is 0 Å². The first kappa shape index (κ1) is 15.2. The maximum atomic E-state index is 12.8. The molecule has 1 heterocycles. The van der Waals surface area contributed by atoms with Crippen LogP contribution in [0.15, 0.2) is 18.2 Å². The first-order valence-electron chi connectivity index (χ1n) is 6.97. The number of aryl methyl sites for hydroxylation is 1. The number of piperidine rings is 1. The Morgan fingerprint density at radius 1 is 1.35 bits per heavy atom. The fourth-order valence-electron chi connectivity index (χ4n) is 2.74. The number of halogens is 3. The summed E-state index contributed by atoms with van der Waals surface area (Å²) in [5.74, 6) is -1.20. The van der Waals surface area contributed by atoms with E-state index in [4.69, 9.17) is 0 Å². The van der Waals surface area contributed by atoms with Gasteiger partial charge in [0.2, 0.25) is 0 Å². The highest BCUT2D eigenvalue weighted by atomic mass is 19.4. The van der Waals surface area contributed by atoms with Crippen LogP contribution in [0, 0.1) is 12.8 Å². The van der Waals surface area contributed by atoms with Gasteiger partial charge in [-0.25, -0.2) is 0 Å². The lowest BCUT2D eigenvalue weighted by Crippen LogP contribution is -2.41. The number of benzene rings is 1. The molecule has 1 saturated heterocycles. The SMILES string of the molecule is CNCc1ccc(N2CCCC(C(F)(F)F)C2)cc1C. The van der Waals surface area contributed by atoms with Crippen molar-refractivity contribution in [1.29, 1.82) is 0 Å². The smallest absolute Gasteiger partial charge is 0.371 e. The molecule has 0 aromatic heterocycles. The van der Waals surface area contributed by atoms with Crippen molar-refractivity contribution < 1.29 is 13.2 Å². The highest BCUT2D eigenvalue weighted by Crippen LogP contribution is 2.35. The minimum atomic E-state index is -4.08. The highest BCUT2D eigenvalue weighted by molar-refractivity contribution is 5.51. The maximum absolute atomic E-state index is 12.8. The van der Waals surface area contributed by atoms with E-state index >= 15 is 0 Å². The Balaban J connectivity index is 2.13. The number of nitrogens with zero attached hydrogens (tertiary/aromatic N) is 1. The van der Waals surface area contributed by atoms with Crippen LogP contribution in [0.4, 0.5) is 18.9 Å². The number of hydrogen-bond acceptors (Lipinski definition) is 2. The Hall–Kier alpha value is -1.23. The predicted molar refractivity (Wildman–Crippen MR) is 74.9 cm³/mol. The Bertz CT molecular complexity index is 457. The molecule has 0 amide bonds. The Morgan fingerprint density at radius 3 is 2.70 bits per heavy atom. The van der Waals surface area contributed by atoms with Crippen molar-refractivity contribution in [2.24, 2.45) is 5.92 Å². The minimum absolute atomic E-state index is 0.0777. The maximum Gasteiger partial charge on any atom is 0.393 e. The topological polar surface area (TPSA) is 15.3 Å². The van der Waals surface area contributed by atoms with E-state index in [0.717, 1.165) is 17.8 Å². The summed E-state index contributed by atoms with van der Waals surface area (Å²) in [6.07, 6.45) is -3.24. The van der Waals surface area contributed by atoms with Gasteiger partial charge in [-0.1, -0.05) is 6.07 Å². The first-order valence-corrected chi connectivity index (χ1v) is 6.97. The molecule has 0 radical (unpaired) electrons.